The first kappa shape index (κ1) is 55.8. The zero-order valence-corrected chi connectivity index (χ0v) is 47.7. The topological polar surface area (TPSA) is 241 Å². The van der Waals surface area contributed by atoms with E-state index in [0.717, 1.165) is 38.9 Å². The average Bonchev–Trinajstić information content (AvgIpc) is 3.50. The molecule has 3 fully saturated rings. The van der Waals surface area contributed by atoms with Crippen molar-refractivity contribution < 1.29 is 51.3 Å². The van der Waals surface area contributed by atoms with Crippen molar-refractivity contribution in [3.63, 3.8) is 0 Å². The first-order valence-electron chi connectivity index (χ1n) is 28.1. The highest BCUT2D eigenvalue weighted by Crippen LogP contribution is 2.57. The zero-order valence-electron chi connectivity index (χ0n) is 46.9. The van der Waals surface area contributed by atoms with E-state index in [1.54, 1.807) is 32.5 Å². The van der Waals surface area contributed by atoms with Crippen LogP contribution >= 0.6 is 0 Å². The summed E-state index contributed by atoms with van der Waals surface area (Å²) in [5.74, 6) is -2.19. The minimum Gasteiger partial charge on any atom is -0.508 e. The number of methoxy groups -OCH3 is 1. The Kier molecular flexibility index (Phi) is 15.4. The van der Waals surface area contributed by atoms with Gasteiger partial charge in [-0.1, -0.05) is 70.2 Å². The van der Waals surface area contributed by atoms with Crippen molar-refractivity contribution in [1.82, 2.24) is 45.3 Å². The van der Waals surface area contributed by atoms with Crippen LogP contribution in [0, 0.1) is 11.3 Å². The Hall–Kier alpha value is -7.04. The number of amides is 3. The van der Waals surface area contributed by atoms with Gasteiger partial charge in [0, 0.05) is 93.3 Å². The summed E-state index contributed by atoms with van der Waals surface area (Å²) in [4.78, 5) is 67.1. The molecule has 20 nitrogen and oxygen atoms in total. The van der Waals surface area contributed by atoms with Crippen LogP contribution in [0.5, 0.6) is 5.75 Å². The number of phenolic OH excluding ortho intramolecular Hbond substituents is 1. The molecule has 3 amide bonds. The number of esters is 1. The number of aromatic nitrogens is 4. The lowest BCUT2D eigenvalue weighted by Crippen LogP contribution is -2.62. The fourth-order valence-electron chi connectivity index (χ4n) is 12.9. The molecule has 0 saturated carbocycles. The molecule has 0 radical (unpaired) electrons. The van der Waals surface area contributed by atoms with E-state index >= 15 is 4.79 Å². The number of pyridine rings is 1. The molecule has 7 atom stereocenters. The largest absolute Gasteiger partial charge is 0.508 e. The van der Waals surface area contributed by atoms with Gasteiger partial charge in [-0.25, -0.2) is 13.8 Å². The first-order chi connectivity index (χ1) is 38.8. The van der Waals surface area contributed by atoms with Crippen LogP contribution in [0.3, 0.4) is 0 Å². The van der Waals surface area contributed by atoms with Gasteiger partial charge in [-0.3, -0.25) is 34.1 Å². The Morgan fingerprint density at radius 1 is 0.975 bits per heavy atom. The molecule has 4 aliphatic heterocycles. The van der Waals surface area contributed by atoms with Gasteiger partial charge in [-0.15, -0.1) is 10.2 Å². The van der Waals surface area contributed by atoms with E-state index in [4.69, 9.17) is 23.6 Å². The van der Waals surface area contributed by atoms with Crippen LogP contribution in [-0.2, 0) is 62.7 Å². The fourth-order valence-corrected chi connectivity index (χ4v) is 14.2. The number of rotatable bonds is 11. The summed E-state index contributed by atoms with van der Waals surface area (Å²) in [6.07, 6.45) is 1.71. The highest BCUT2D eigenvalue weighted by molar-refractivity contribution is 7.91. The summed E-state index contributed by atoms with van der Waals surface area (Å²) in [7, 11) is 0.182. The summed E-state index contributed by atoms with van der Waals surface area (Å²) < 4.78 is 51.6. The molecule has 6 aromatic rings. The normalized spacial score (nSPS) is 24.1. The van der Waals surface area contributed by atoms with Gasteiger partial charge < -0.3 is 38.5 Å². The minimum atomic E-state index is -3.07. The lowest BCUT2D eigenvalue weighted by Gasteiger charge is -2.42. The van der Waals surface area contributed by atoms with Gasteiger partial charge in [-0.05, 0) is 90.3 Å². The Morgan fingerprint density at radius 2 is 1.75 bits per heavy atom. The molecule has 7 heterocycles. The number of ether oxygens (including phenoxy) is 3. The second kappa shape index (κ2) is 22.4. The maximum atomic E-state index is 15.0. The van der Waals surface area contributed by atoms with Crippen LogP contribution in [-0.4, -0.2) is 155 Å². The highest BCUT2D eigenvalue weighted by Gasteiger charge is 2.48. The lowest BCUT2D eigenvalue weighted by atomic mass is 9.67. The first-order valence-corrected chi connectivity index (χ1v) is 29.9. The maximum absolute atomic E-state index is 15.0. The molecule has 0 spiro atoms. The molecular weight excluding hydrogens is 1050 g/mol. The van der Waals surface area contributed by atoms with Crippen molar-refractivity contribution in [3.05, 3.63) is 107 Å². The number of fused-ring (bicyclic) bond motifs is 8. The number of phenols is 1. The molecule has 6 bridgehead atoms. The molecule has 81 heavy (non-hydrogen) atoms. The van der Waals surface area contributed by atoms with Crippen molar-refractivity contribution >= 4 is 44.4 Å². The number of hydrazine groups is 1. The van der Waals surface area contributed by atoms with Crippen LogP contribution in [0.15, 0.2) is 83.4 Å². The molecule has 3 N–H and O–H groups in total. The number of aryl methyl sites for hydroxylation is 1. The number of nitrogens with one attached hydrogen (secondary N) is 2. The molecule has 11 rings (SSSR count). The number of likely N-dealkylation sites (N-methyl/N-ethyl adjacent to an activating group) is 1. The lowest BCUT2D eigenvalue weighted by molar-refractivity contribution is -0.156. The van der Waals surface area contributed by atoms with Gasteiger partial charge in [0.25, 0.3) is 11.8 Å². The third-order valence-electron chi connectivity index (χ3n) is 17.0. The van der Waals surface area contributed by atoms with Crippen LogP contribution in [0.1, 0.15) is 100 Å². The second-order valence-electron chi connectivity index (χ2n) is 23.3. The Morgan fingerprint density at radius 3 is 2.49 bits per heavy atom. The molecule has 1 aliphatic carbocycles. The van der Waals surface area contributed by atoms with Gasteiger partial charge in [0.05, 0.1) is 41.6 Å². The van der Waals surface area contributed by atoms with Crippen LogP contribution in [0.2, 0.25) is 0 Å². The quantitative estimate of drug-likeness (QED) is 0.120. The number of aromatic hydroxyl groups is 1. The Bertz CT molecular complexity index is 3490. The van der Waals surface area contributed by atoms with Crippen molar-refractivity contribution in [1.29, 1.82) is 0 Å². The summed E-state index contributed by atoms with van der Waals surface area (Å²) >= 11 is 0. The van der Waals surface area contributed by atoms with Gasteiger partial charge >= 0.3 is 5.97 Å². The summed E-state index contributed by atoms with van der Waals surface area (Å²) in [6.45, 7) is 12.1. The molecule has 3 aromatic heterocycles. The van der Waals surface area contributed by atoms with Gasteiger partial charge in [0.1, 0.15) is 36.1 Å². The number of cyclic esters (lactones) is 1. The van der Waals surface area contributed by atoms with Gasteiger partial charge in [0.2, 0.25) is 17.7 Å². The SMILES string of the molecule is CCn1c2c3c4cc(ccc41)-c1cc(O)cc(c1)CC(NC(=O)C(C(C)C)N(C)C(=O)C1OCCC1c1ccccc1)C(=O)N1CCCC(N1)C(=O)OCC(C)(C)C3C(OC)c1ncc(-c3nnc(CN4CCS(=O)(=O)CC4)o3)cc1-2. The number of sulfone groups is 1. The number of carbonyl (C=O) groups excluding carboxylic acids is 4. The minimum absolute atomic E-state index is 0.0308. The predicted octanol–water partition coefficient (Wildman–Crippen LogP) is 6.32. The summed E-state index contributed by atoms with van der Waals surface area (Å²) in [6, 6.07) is 20.0. The third-order valence-corrected chi connectivity index (χ3v) is 18.6. The molecule has 7 unspecified atom stereocenters. The van der Waals surface area contributed by atoms with E-state index in [9.17, 15) is 27.9 Å². The summed E-state index contributed by atoms with van der Waals surface area (Å²) in [5.41, 5.74) is 10.2. The molecule has 3 aromatic carbocycles. The maximum Gasteiger partial charge on any atom is 0.324 e. The number of benzene rings is 3. The van der Waals surface area contributed by atoms with E-state index < -0.39 is 69.3 Å². The summed E-state index contributed by atoms with van der Waals surface area (Å²) in [5, 5.41) is 25.7. The molecule has 3 saturated heterocycles. The molecule has 5 aliphatic rings. The number of hydrogen-bond acceptors (Lipinski definition) is 16. The van der Waals surface area contributed by atoms with E-state index in [1.165, 1.54) is 9.91 Å². The van der Waals surface area contributed by atoms with Crippen molar-refractivity contribution in [2.24, 2.45) is 11.3 Å². The van der Waals surface area contributed by atoms with Gasteiger partial charge in [-0.2, -0.15) is 0 Å². The Balaban J connectivity index is 0.975. The Labute approximate surface area is 471 Å². The number of nitrogens with zero attached hydrogens (tertiary/aromatic N) is 7. The third kappa shape index (κ3) is 10.9. The van der Waals surface area contributed by atoms with E-state index in [1.807, 2.05) is 81.1 Å². The predicted molar refractivity (Wildman–Crippen MR) is 301 cm³/mol. The van der Waals surface area contributed by atoms with E-state index in [2.05, 4.69) is 44.6 Å². The van der Waals surface area contributed by atoms with Crippen molar-refractivity contribution in [2.45, 2.75) is 116 Å². The van der Waals surface area contributed by atoms with E-state index in [0.29, 0.717) is 80.3 Å². The van der Waals surface area contributed by atoms with E-state index in [-0.39, 0.29) is 60.5 Å². The van der Waals surface area contributed by atoms with Crippen molar-refractivity contribution in [3.8, 4) is 39.6 Å². The van der Waals surface area contributed by atoms with Crippen LogP contribution < -0.4 is 10.7 Å². The number of hydrogen-bond donors (Lipinski definition) is 3. The van der Waals surface area contributed by atoms with Crippen molar-refractivity contribution in [2.75, 3.05) is 58.5 Å². The second-order valence-corrected chi connectivity index (χ2v) is 25.6. The van der Waals surface area contributed by atoms with Crippen LogP contribution in [0.25, 0.3) is 44.7 Å². The number of carbonyl (C=O) groups is 4. The monoisotopic (exact) mass is 1130 g/mol. The fraction of sp³-hybridized carbons (Fsp3) is 0.483. The average molecular weight is 1130 g/mol. The van der Waals surface area contributed by atoms with Gasteiger partial charge in [0.15, 0.2) is 9.84 Å². The van der Waals surface area contributed by atoms with Crippen LogP contribution in [0.4, 0.5) is 0 Å². The smallest absolute Gasteiger partial charge is 0.324 e. The molecule has 428 valence electrons. The zero-order chi connectivity index (χ0) is 57.1. The standard InChI is InChI=1S/C60H71N9O11S/c1-8-68-46-17-16-37-29-42(46)48-49(54(77-7)50-43(52(48)68)30-39(31-61-50)56-64-63-47(80-56)32-67-20-23-81(75,76)24-21-67)60(4,5)33-79-59(74)44-15-12-19-69(65-44)57(72)45(27-35-25-38(37)28-40(70)26-35)62-55(71)51(34(2)3)66(6)58(73)53-41(18-22-78-53)36-13-10-9-11-14-36/h9-11,13-14,16-17,25-26,28-31,34,41,44-45,49,51,53-54,65,70H,8,12,15,18-24,27,32-33H2,1-7H3,(H,62,71). The highest BCUT2D eigenvalue weighted by atomic mass is 32.2. The molecular formula is C60H71N9O11S. The molecule has 21 heteroatoms.